The quantitative estimate of drug-likeness (QED) is 0.888. The third-order valence-electron chi connectivity index (χ3n) is 6.81. The second kappa shape index (κ2) is 6.78. The van der Waals surface area contributed by atoms with Crippen molar-refractivity contribution in [1.82, 2.24) is 14.8 Å². The van der Waals surface area contributed by atoms with Crippen LogP contribution in [0.15, 0.2) is 42.6 Å². The van der Waals surface area contributed by atoms with Crippen LogP contribution in [-0.2, 0) is 0 Å². The molecule has 0 unspecified atom stereocenters. The Morgan fingerprint density at radius 1 is 1.18 bits per heavy atom. The number of fused-ring (bicyclic) bond motifs is 2. The number of anilines is 1. The molecule has 6 nitrogen and oxygen atoms in total. The molecule has 1 aromatic heterocycles. The first-order chi connectivity index (χ1) is 13.7. The van der Waals surface area contributed by atoms with E-state index in [1.807, 2.05) is 12.1 Å². The minimum Gasteiger partial charge on any atom is -0.497 e. The number of nitrogen functional groups attached to an aromatic ring is 1. The first-order valence-corrected chi connectivity index (χ1v) is 10.1. The van der Waals surface area contributed by atoms with Crippen molar-refractivity contribution in [2.75, 3.05) is 32.5 Å². The van der Waals surface area contributed by atoms with Crippen molar-refractivity contribution in [2.24, 2.45) is 5.92 Å². The highest BCUT2D eigenvalue weighted by molar-refractivity contribution is 5.94. The van der Waals surface area contributed by atoms with Gasteiger partial charge in [0, 0.05) is 24.7 Å². The monoisotopic (exact) mass is 378 g/mol. The van der Waals surface area contributed by atoms with Gasteiger partial charge in [-0.05, 0) is 61.7 Å². The molecule has 1 amide bonds. The van der Waals surface area contributed by atoms with E-state index >= 15 is 0 Å². The van der Waals surface area contributed by atoms with Crippen LogP contribution in [0, 0.1) is 5.92 Å². The number of ether oxygens (including phenoxy) is 1. The number of piperidine rings is 3. The van der Waals surface area contributed by atoms with Crippen molar-refractivity contribution in [2.45, 2.75) is 30.8 Å². The van der Waals surface area contributed by atoms with E-state index in [2.05, 4.69) is 26.9 Å². The predicted molar refractivity (Wildman–Crippen MR) is 107 cm³/mol. The van der Waals surface area contributed by atoms with Gasteiger partial charge in [0.1, 0.15) is 11.6 Å². The van der Waals surface area contributed by atoms with Gasteiger partial charge >= 0.3 is 0 Å². The summed E-state index contributed by atoms with van der Waals surface area (Å²) in [6.07, 6.45) is 3.96. The van der Waals surface area contributed by atoms with Gasteiger partial charge in [-0.1, -0.05) is 12.1 Å². The van der Waals surface area contributed by atoms with Gasteiger partial charge < -0.3 is 15.4 Å². The van der Waals surface area contributed by atoms with Crippen molar-refractivity contribution >= 4 is 11.7 Å². The molecule has 2 N–H and O–H groups in total. The summed E-state index contributed by atoms with van der Waals surface area (Å²) < 4.78 is 5.45. The number of carbonyl (C=O) groups is 1. The van der Waals surface area contributed by atoms with Crippen LogP contribution < -0.4 is 10.5 Å². The number of nitrogens with zero attached hydrogens (tertiary/aromatic N) is 3. The van der Waals surface area contributed by atoms with E-state index in [1.165, 1.54) is 18.4 Å². The Kier molecular flexibility index (Phi) is 4.23. The van der Waals surface area contributed by atoms with Crippen molar-refractivity contribution in [3.05, 3.63) is 53.7 Å². The zero-order chi connectivity index (χ0) is 19.3. The summed E-state index contributed by atoms with van der Waals surface area (Å²) in [7, 11) is 1.70. The third-order valence-corrected chi connectivity index (χ3v) is 6.81. The summed E-state index contributed by atoms with van der Waals surface area (Å²) in [4.78, 5) is 22.2. The number of methoxy groups -OCH3 is 1. The molecule has 4 aliphatic heterocycles. The molecule has 146 valence electrons. The number of hydrogen-bond donors (Lipinski definition) is 1. The maximum Gasteiger partial charge on any atom is 0.255 e. The summed E-state index contributed by atoms with van der Waals surface area (Å²) >= 11 is 0. The van der Waals surface area contributed by atoms with Crippen LogP contribution in [0.5, 0.6) is 5.75 Å². The molecule has 0 saturated carbocycles. The van der Waals surface area contributed by atoms with Crippen molar-refractivity contribution in [1.29, 1.82) is 0 Å². The van der Waals surface area contributed by atoms with Gasteiger partial charge in [0.15, 0.2) is 0 Å². The average Bonchev–Trinajstić information content (AvgIpc) is 3.18. The number of likely N-dealkylation sites (tertiary alicyclic amines) is 1. The number of amides is 1. The molecule has 2 aromatic rings. The van der Waals surface area contributed by atoms with Crippen LogP contribution >= 0.6 is 0 Å². The number of aromatic nitrogens is 1. The van der Waals surface area contributed by atoms with Gasteiger partial charge in [-0.2, -0.15) is 0 Å². The third kappa shape index (κ3) is 2.75. The van der Waals surface area contributed by atoms with Gasteiger partial charge in [0.25, 0.3) is 5.91 Å². The minimum absolute atomic E-state index is 0.0710. The fourth-order valence-electron chi connectivity index (χ4n) is 5.52. The molecule has 6 heteroatoms. The molecule has 3 atom stereocenters. The maximum atomic E-state index is 13.4. The van der Waals surface area contributed by atoms with E-state index in [0.29, 0.717) is 29.3 Å². The Labute approximate surface area is 165 Å². The highest BCUT2D eigenvalue weighted by Crippen LogP contribution is 2.47. The molecule has 4 saturated heterocycles. The zero-order valence-corrected chi connectivity index (χ0v) is 16.1. The average molecular weight is 378 g/mol. The van der Waals surface area contributed by atoms with Crippen molar-refractivity contribution in [3.8, 4) is 5.75 Å². The Hall–Kier alpha value is -2.60. The van der Waals surface area contributed by atoms with Gasteiger partial charge in [-0.15, -0.1) is 0 Å². The molecule has 5 heterocycles. The Morgan fingerprint density at radius 2 is 2.00 bits per heavy atom. The maximum absolute atomic E-state index is 13.4. The number of rotatable bonds is 3. The first kappa shape index (κ1) is 17.5. The van der Waals surface area contributed by atoms with Crippen molar-refractivity contribution in [3.63, 3.8) is 0 Å². The summed E-state index contributed by atoms with van der Waals surface area (Å²) in [5.74, 6) is 2.26. The van der Waals surface area contributed by atoms with Crippen LogP contribution in [0.4, 0.5) is 5.82 Å². The Morgan fingerprint density at radius 3 is 2.71 bits per heavy atom. The molecule has 0 aliphatic carbocycles. The number of benzene rings is 1. The topological polar surface area (TPSA) is 71.7 Å². The fraction of sp³-hybridized carbons (Fsp3) is 0.455. The van der Waals surface area contributed by atoms with E-state index < -0.39 is 0 Å². The molecule has 0 spiro atoms. The molecule has 2 bridgehead atoms. The molecule has 1 aromatic carbocycles. The Balaban J connectivity index is 1.51. The van der Waals surface area contributed by atoms with E-state index in [0.717, 1.165) is 25.4 Å². The van der Waals surface area contributed by atoms with Gasteiger partial charge in [0.2, 0.25) is 0 Å². The number of hydrogen-bond acceptors (Lipinski definition) is 5. The number of pyridine rings is 1. The molecular formula is C22H26N4O2. The van der Waals surface area contributed by atoms with Crippen LogP contribution in [0.3, 0.4) is 0 Å². The zero-order valence-electron chi connectivity index (χ0n) is 16.1. The van der Waals surface area contributed by atoms with Crippen LogP contribution in [-0.4, -0.2) is 59.5 Å². The molecule has 4 fully saturated rings. The summed E-state index contributed by atoms with van der Waals surface area (Å²) in [5.41, 5.74) is 7.58. The fourth-order valence-corrected chi connectivity index (χ4v) is 5.52. The van der Waals surface area contributed by atoms with Crippen LogP contribution in [0.2, 0.25) is 0 Å². The predicted octanol–water partition coefficient (Wildman–Crippen LogP) is 2.37. The first-order valence-electron chi connectivity index (χ1n) is 10.1. The van der Waals surface area contributed by atoms with E-state index in [1.54, 1.807) is 25.4 Å². The van der Waals surface area contributed by atoms with E-state index in [4.69, 9.17) is 10.5 Å². The smallest absolute Gasteiger partial charge is 0.255 e. The van der Waals surface area contributed by atoms with Crippen molar-refractivity contribution < 1.29 is 9.53 Å². The normalized spacial score (nSPS) is 30.9. The van der Waals surface area contributed by atoms with Gasteiger partial charge in [-0.3, -0.25) is 9.69 Å². The lowest BCUT2D eigenvalue weighted by Crippen LogP contribution is -2.60. The van der Waals surface area contributed by atoms with E-state index in [-0.39, 0.29) is 11.9 Å². The Bertz CT molecular complexity index is 876. The number of nitrogens with two attached hydrogens (primary N) is 1. The second-order valence-electron chi connectivity index (χ2n) is 8.17. The van der Waals surface area contributed by atoms with Crippen LogP contribution in [0.1, 0.15) is 34.7 Å². The SMILES string of the molecule is COc1cccc([C@@H]2CN(C(=O)c3ccc(N)nc3)[C@H]3C4CCN(CC4)[C@@H]23)c1. The minimum atomic E-state index is 0.0710. The highest BCUT2D eigenvalue weighted by Gasteiger charge is 2.54. The van der Waals surface area contributed by atoms with E-state index in [9.17, 15) is 4.79 Å². The molecule has 28 heavy (non-hydrogen) atoms. The lowest BCUT2D eigenvalue weighted by Gasteiger charge is -2.51. The highest BCUT2D eigenvalue weighted by atomic mass is 16.5. The second-order valence-corrected chi connectivity index (χ2v) is 8.17. The molecule has 4 aliphatic rings. The standard InChI is InChI=1S/C22H26N4O2/c1-28-17-4-2-3-15(11-17)18-13-26(22(27)16-5-6-19(23)24-12-16)20-14-7-9-25(10-8-14)21(18)20/h2-6,11-12,14,18,20-21H,7-10,13H2,1H3,(H2,23,24)/t18-,20-,21-/m0/s1. The summed E-state index contributed by atoms with van der Waals surface area (Å²) in [6, 6.07) is 12.5. The number of carbonyl (C=O) groups excluding carboxylic acids is 1. The summed E-state index contributed by atoms with van der Waals surface area (Å²) in [6.45, 7) is 3.01. The molecule has 6 rings (SSSR count). The largest absolute Gasteiger partial charge is 0.497 e. The van der Waals surface area contributed by atoms with Gasteiger partial charge in [-0.25, -0.2) is 4.98 Å². The van der Waals surface area contributed by atoms with Gasteiger partial charge in [0.05, 0.1) is 18.7 Å². The lowest BCUT2D eigenvalue weighted by atomic mass is 9.75. The molecule has 0 radical (unpaired) electrons. The molecular weight excluding hydrogens is 352 g/mol. The van der Waals surface area contributed by atoms with Crippen LogP contribution in [0.25, 0.3) is 0 Å². The summed E-state index contributed by atoms with van der Waals surface area (Å²) in [5, 5.41) is 0. The lowest BCUT2D eigenvalue weighted by molar-refractivity contribution is -0.00342.